The number of nitrogens with zero attached hydrogens (tertiary/aromatic N) is 1. The van der Waals surface area contributed by atoms with Gasteiger partial charge in [-0.15, -0.1) is 0 Å². The summed E-state index contributed by atoms with van der Waals surface area (Å²) in [5.41, 5.74) is 6.20. The summed E-state index contributed by atoms with van der Waals surface area (Å²) in [6, 6.07) is 8.97. The number of pyridine rings is 1. The van der Waals surface area contributed by atoms with Gasteiger partial charge in [0.05, 0.1) is 11.8 Å². The highest BCUT2D eigenvalue weighted by Crippen LogP contribution is 2.26. The number of ether oxygens (including phenoxy) is 2. The summed E-state index contributed by atoms with van der Waals surface area (Å²) >= 11 is 0. The van der Waals surface area contributed by atoms with Crippen LogP contribution < -0.4 is 15.2 Å². The molecule has 0 bridgehead atoms. The number of anilines is 1. The van der Waals surface area contributed by atoms with E-state index in [1.807, 2.05) is 13.8 Å². The Bertz CT molecular complexity index is 556. The van der Waals surface area contributed by atoms with Gasteiger partial charge in [0.15, 0.2) is 0 Å². The Morgan fingerprint density at radius 3 is 2.42 bits per heavy atom. The minimum Gasteiger partial charge on any atom is -0.473 e. The molecule has 19 heavy (non-hydrogen) atoms. The molecule has 0 unspecified atom stereocenters. The SMILES string of the molecule is CC(C)Oc1nc(Oc2ccc(F)cc2)ccc1N. The lowest BCUT2D eigenvalue weighted by atomic mass is 10.3. The molecule has 1 heterocycles. The Morgan fingerprint density at radius 1 is 1.11 bits per heavy atom. The lowest BCUT2D eigenvalue weighted by molar-refractivity contribution is 0.232. The maximum Gasteiger partial charge on any atom is 0.240 e. The van der Waals surface area contributed by atoms with Crippen LogP contribution in [0.4, 0.5) is 10.1 Å². The van der Waals surface area contributed by atoms with Crippen molar-refractivity contribution in [1.82, 2.24) is 4.98 Å². The average molecular weight is 262 g/mol. The molecule has 1 aromatic carbocycles. The summed E-state index contributed by atoms with van der Waals surface area (Å²) in [5, 5.41) is 0. The van der Waals surface area contributed by atoms with Crippen LogP contribution in [-0.4, -0.2) is 11.1 Å². The van der Waals surface area contributed by atoms with Crippen molar-refractivity contribution in [2.45, 2.75) is 20.0 Å². The molecule has 2 aromatic rings. The fourth-order valence-corrected chi connectivity index (χ4v) is 1.43. The van der Waals surface area contributed by atoms with Crippen molar-refractivity contribution in [3.63, 3.8) is 0 Å². The molecular weight excluding hydrogens is 247 g/mol. The predicted octanol–water partition coefficient (Wildman–Crippen LogP) is 3.38. The molecule has 0 radical (unpaired) electrons. The lowest BCUT2D eigenvalue weighted by Gasteiger charge is -2.12. The van der Waals surface area contributed by atoms with E-state index in [-0.39, 0.29) is 11.9 Å². The summed E-state index contributed by atoms with van der Waals surface area (Å²) in [4.78, 5) is 4.17. The van der Waals surface area contributed by atoms with Gasteiger partial charge in [-0.3, -0.25) is 0 Å². The van der Waals surface area contributed by atoms with E-state index < -0.39 is 0 Å². The van der Waals surface area contributed by atoms with Crippen LogP contribution >= 0.6 is 0 Å². The van der Waals surface area contributed by atoms with Gasteiger partial charge in [-0.1, -0.05) is 0 Å². The average Bonchev–Trinajstić information content (AvgIpc) is 2.36. The molecule has 0 saturated carbocycles. The molecule has 0 fully saturated rings. The fourth-order valence-electron chi connectivity index (χ4n) is 1.43. The molecule has 0 aliphatic carbocycles. The van der Waals surface area contributed by atoms with Crippen molar-refractivity contribution >= 4 is 5.69 Å². The van der Waals surface area contributed by atoms with Gasteiger partial charge < -0.3 is 15.2 Å². The van der Waals surface area contributed by atoms with Gasteiger partial charge in [0.25, 0.3) is 0 Å². The van der Waals surface area contributed by atoms with Gasteiger partial charge in [0.1, 0.15) is 11.6 Å². The standard InChI is InChI=1S/C14H15FN2O2/c1-9(2)18-14-12(16)7-8-13(17-14)19-11-5-3-10(15)4-6-11/h3-9H,16H2,1-2H3. The highest BCUT2D eigenvalue weighted by atomic mass is 19.1. The first-order chi connectivity index (χ1) is 9.04. The number of nitrogen functional groups attached to an aromatic ring is 1. The highest BCUT2D eigenvalue weighted by molar-refractivity contribution is 5.49. The van der Waals surface area contributed by atoms with Crippen LogP contribution in [0, 0.1) is 5.82 Å². The van der Waals surface area contributed by atoms with E-state index in [1.165, 1.54) is 24.3 Å². The molecule has 1 aromatic heterocycles. The highest BCUT2D eigenvalue weighted by Gasteiger charge is 2.08. The lowest BCUT2D eigenvalue weighted by Crippen LogP contribution is -2.09. The molecule has 2 rings (SSSR count). The molecule has 0 aliphatic rings. The normalized spacial score (nSPS) is 10.5. The summed E-state index contributed by atoms with van der Waals surface area (Å²) in [6.07, 6.45) is -0.0316. The van der Waals surface area contributed by atoms with E-state index in [0.717, 1.165) is 0 Å². The maximum absolute atomic E-state index is 12.8. The fraction of sp³-hybridized carbons (Fsp3) is 0.214. The van der Waals surface area contributed by atoms with Crippen molar-refractivity contribution in [1.29, 1.82) is 0 Å². The largest absolute Gasteiger partial charge is 0.473 e. The molecule has 0 saturated heterocycles. The molecule has 5 heteroatoms. The van der Waals surface area contributed by atoms with Crippen LogP contribution in [0.3, 0.4) is 0 Å². The molecule has 0 spiro atoms. The van der Waals surface area contributed by atoms with Gasteiger partial charge in [-0.05, 0) is 44.2 Å². The van der Waals surface area contributed by atoms with E-state index >= 15 is 0 Å². The van der Waals surface area contributed by atoms with Gasteiger partial charge in [-0.2, -0.15) is 4.98 Å². The van der Waals surface area contributed by atoms with Crippen molar-refractivity contribution in [3.8, 4) is 17.5 Å². The Hall–Kier alpha value is -2.30. The van der Waals surface area contributed by atoms with Crippen molar-refractivity contribution in [2.75, 3.05) is 5.73 Å². The molecule has 4 nitrogen and oxygen atoms in total. The molecule has 0 amide bonds. The van der Waals surface area contributed by atoms with E-state index in [2.05, 4.69) is 4.98 Å². The second-order valence-corrected chi connectivity index (χ2v) is 4.27. The quantitative estimate of drug-likeness (QED) is 0.917. The van der Waals surface area contributed by atoms with Crippen LogP contribution in [0.5, 0.6) is 17.5 Å². The van der Waals surface area contributed by atoms with Crippen molar-refractivity contribution < 1.29 is 13.9 Å². The van der Waals surface area contributed by atoms with Gasteiger partial charge in [-0.25, -0.2) is 4.39 Å². The first-order valence-electron chi connectivity index (χ1n) is 5.91. The minimum atomic E-state index is -0.318. The maximum atomic E-state index is 12.8. The number of halogens is 1. The summed E-state index contributed by atoms with van der Waals surface area (Å²) in [7, 11) is 0. The van der Waals surface area contributed by atoms with Gasteiger partial charge in [0, 0.05) is 6.07 Å². The predicted molar refractivity (Wildman–Crippen MR) is 70.9 cm³/mol. The third-order valence-electron chi connectivity index (χ3n) is 2.25. The number of benzene rings is 1. The van der Waals surface area contributed by atoms with E-state index in [0.29, 0.717) is 23.2 Å². The van der Waals surface area contributed by atoms with Gasteiger partial charge in [0.2, 0.25) is 11.8 Å². The van der Waals surface area contributed by atoms with E-state index in [4.69, 9.17) is 15.2 Å². The zero-order valence-corrected chi connectivity index (χ0v) is 10.8. The Labute approximate surface area is 111 Å². The van der Waals surface area contributed by atoms with Crippen LogP contribution in [0.15, 0.2) is 36.4 Å². The molecule has 2 N–H and O–H groups in total. The third kappa shape index (κ3) is 3.58. The van der Waals surface area contributed by atoms with Crippen LogP contribution in [-0.2, 0) is 0 Å². The summed E-state index contributed by atoms with van der Waals surface area (Å²) in [6.45, 7) is 3.77. The first-order valence-corrected chi connectivity index (χ1v) is 5.91. The zero-order chi connectivity index (χ0) is 13.8. The first kappa shape index (κ1) is 13.1. The second-order valence-electron chi connectivity index (χ2n) is 4.27. The number of hydrogen-bond acceptors (Lipinski definition) is 4. The molecule has 0 atom stereocenters. The number of aromatic nitrogens is 1. The zero-order valence-electron chi connectivity index (χ0n) is 10.8. The smallest absolute Gasteiger partial charge is 0.240 e. The number of rotatable bonds is 4. The monoisotopic (exact) mass is 262 g/mol. The topological polar surface area (TPSA) is 57.4 Å². The van der Waals surface area contributed by atoms with Crippen LogP contribution in [0.1, 0.15) is 13.8 Å². The molecular formula is C14H15FN2O2. The number of hydrogen-bond donors (Lipinski definition) is 1. The van der Waals surface area contributed by atoms with Gasteiger partial charge >= 0.3 is 0 Å². The third-order valence-corrected chi connectivity index (χ3v) is 2.25. The Morgan fingerprint density at radius 2 is 1.79 bits per heavy atom. The number of nitrogens with two attached hydrogens (primary N) is 1. The summed E-state index contributed by atoms with van der Waals surface area (Å²) < 4.78 is 23.7. The van der Waals surface area contributed by atoms with Crippen molar-refractivity contribution in [3.05, 3.63) is 42.2 Å². The summed E-state index contributed by atoms with van der Waals surface area (Å²) in [5.74, 6) is 0.849. The minimum absolute atomic E-state index is 0.0316. The second kappa shape index (κ2) is 5.56. The molecule has 100 valence electrons. The van der Waals surface area contributed by atoms with Crippen LogP contribution in [0.25, 0.3) is 0 Å². The van der Waals surface area contributed by atoms with Crippen LogP contribution in [0.2, 0.25) is 0 Å². The van der Waals surface area contributed by atoms with E-state index in [9.17, 15) is 4.39 Å². The Balaban J connectivity index is 2.18. The van der Waals surface area contributed by atoms with Crippen molar-refractivity contribution in [2.24, 2.45) is 0 Å². The van der Waals surface area contributed by atoms with E-state index in [1.54, 1.807) is 12.1 Å². The molecule has 0 aliphatic heterocycles. The Kier molecular flexibility index (Phi) is 3.85.